The van der Waals surface area contributed by atoms with Crippen molar-refractivity contribution >= 4 is 40.2 Å². The summed E-state index contributed by atoms with van der Waals surface area (Å²) in [6.45, 7) is 0.0731. The van der Waals surface area contributed by atoms with Crippen LogP contribution in [0.2, 0.25) is 10.0 Å². The van der Waals surface area contributed by atoms with Gasteiger partial charge in [0.05, 0.1) is 0 Å². The maximum atomic E-state index is 13.2. The SMILES string of the molecule is O=C(c1ccc2nc(-c3cc(Cl)cc(Cl)c3)oc2c1)N1CCCC1C(F)(F)F. The van der Waals surface area contributed by atoms with Crippen LogP contribution >= 0.6 is 23.2 Å². The van der Waals surface area contributed by atoms with E-state index in [9.17, 15) is 18.0 Å². The first-order chi connectivity index (χ1) is 13.2. The lowest BCUT2D eigenvalue weighted by Gasteiger charge is -2.26. The van der Waals surface area contributed by atoms with Crippen molar-refractivity contribution in [3.63, 3.8) is 0 Å². The fourth-order valence-electron chi connectivity index (χ4n) is 3.37. The standard InChI is InChI=1S/C19H13Cl2F3N2O2/c20-12-6-11(7-13(21)9-12)17-25-14-4-3-10(8-15(14)28-17)18(27)26-5-1-2-16(26)19(22,23)24/h3-4,6-9,16H,1-2,5H2. The average Bonchev–Trinajstić information content (AvgIpc) is 3.26. The van der Waals surface area contributed by atoms with Crippen LogP contribution in [0.25, 0.3) is 22.6 Å². The normalized spacial score (nSPS) is 17.5. The summed E-state index contributed by atoms with van der Waals surface area (Å²) >= 11 is 12.0. The van der Waals surface area contributed by atoms with Crippen LogP contribution in [0, 0.1) is 0 Å². The third-order valence-electron chi connectivity index (χ3n) is 4.64. The Balaban J connectivity index is 1.67. The van der Waals surface area contributed by atoms with E-state index >= 15 is 0 Å². The van der Waals surface area contributed by atoms with Gasteiger partial charge in [-0.2, -0.15) is 13.2 Å². The Kier molecular flexibility index (Phi) is 4.75. The molecule has 1 atom stereocenters. The number of oxazole rings is 1. The summed E-state index contributed by atoms with van der Waals surface area (Å²) in [5, 5.41) is 0.820. The molecule has 1 unspecified atom stereocenters. The maximum absolute atomic E-state index is 13.2. The zero-order valence-corrected chi connectivity index (χ0v) is 15.8. The van der Waals surface area contributed by atoms with Crippen molar-refractivity contribution in [1.82, 2.24) is 9.88 Å². The molecular weight excluding hydrogens is 416 g/mol. The van der Waals surface area contributed by atoms with Crippen LogP contribution in [0.4, 0.5) is 13.2 Å². The van der Waals surface area contributed by atoms with Gasteiger partial charge in [-0.3, -0.25) is 4.79 Å². The predicted octanol–water partition coefficient (Wildman–Crippen LogP) is 5.97. The number of nitrogens with zero attached hydrogens (tertiary/aromatic N) is 2. The molecule has 1 aliphatic heterocycles. The number of likely N-dealkylation sites (tertiary alicyclic amines) is 1. The second-order valence-corrected chi connectivity index (χ2v) is 7.43. The second kappa shape index (κ2) is 6.97. The van der Waals surface area contributed by atoms with E-state index in [-0.39, 0.29) is 24.4 Å². The van der Waals surface area contributed by atoms with Crippen LogP contribution in [-0.2, 0) is 0 Å². The molecular formula is C19H13Cl2F3N2O2. The third kappa shape index (κ3) is 3.56. The van der Waals surface area contributed by atoms with Crippen LogP contribution < -0.4 is 0 Å². The molecule has 1 saturated heterocycles. The molecule has 0 radical (unpaired) electrons. The van der Waals surface area contributed by atoms with Gasteiger partial charge in [-0.15, -0.1) is 0 Å². The Labute approximate surface area is 167 Å². The summed E-state index contributed by atoms with van der Waals surface area (Å²) in [5.74, 6) is -0.427. The summed E-state index contributed by atoms with van der Waals surface area (Å²) in [6, 6.07) is 7.47. The van der Waals surface area contributed by atoms with E-state index in [1.54, 1.807) is 24.3 Å². The van der Waals surface area contributed by atoms with Crippen LogP contribution in [0.15, 0.2) is 40.8 Å². The summed E-state index contributed by atoms with van der Waals surface area (Å²) < 4.78 is 45.1. The van der Waals surface area contributed by atoms with Crippen molar-refractivity contribution in [2.45, 2.75) is 25.1 Å². The van der Waals surface area contributed by atoms with E-state index in [1.807, 2.05) is 0 Å². The topological polar surface area (TPSA) is 46.3 Å². The van der Waals surface area contributed by atoms with Crippen molar-refractivity contribution in [2.75, 3.05) is 6.54 Å². The number of halogens is 5. The highest BCUT2D eigenvalue weighted by atomic mass is 35.5. The van der Waals surface area contributed by atoms with Gasteiger partial charge in [-0.05, 0) is 49.2 Å². The highest BCUT2D eigenvalue weighted by Crippen LogP contribution is 2.34. The molecule has 2 heterocycles. The third-order valence-corrected chi connectivity index (χ3v) is 5.07. The molecule has 1 amide bonds. The molecule has 28 heavy (non-hydrogen) atoms. The maximum Gasteiger partial charge on any atom is 0.408 e. The summed E-state index contributed by atoms with van der Waals surface area (Å²) in [5.41, 5.74) is 1.44. The molecule has 9 heteroatoms. The molecule has 0 N–H and O–H groups in total. The van der Waals surface area contributed by atoms with E-state index in [1.165, 1.54) is 12.1 Å². The van der Waals surface area contributed by atoms with Gasteiger partial charge in [0, 0.05) is 27.7 Å². The van der Waals surface area contributed by atoms with E-state index in [2.05, 4.69) is 4.98 Å². The number of benzene rings is 2. The van der Waals surface area contributed by atoms with Gasteiger partial charge in [0.15, 0.2) is 5.58 Å². The minimum absolute atomic E-state index is 0.0731. The highest BCUT2D eigenvalue weighted by Gasteiger charge is 2.47. The van der Waals surface area contributed by atoms with E-state index in [4.69, 9.17) is 27.6 Å². The van der Waals surface area contributed by atoms with Gasteiger partial charge in [-0.1, -0.05) is 23.2 Å². The van der Waals surface area contributed by atoms with Crippen LogP contribution in [0.3, 0.4) is 0 Å². The van der Waals surface area contributed by atoms with Gasteiger partial charge in [0.1, 0.15) is 11.6 Å². The lowest BCUT2D eigenvalue weighted by Crippen LogP contribution is -2.44. The van der Waals surface area contributed by atoms with Crippen LogP contribution in [0.1, 0.15) is 23.2 Å². The molecule has 4 rings (SSSR count). The molecule has 0 aliphatic carbocycles. The lowest BCUT2D eigenvalue weighted by molar-refractivity contribution is -0.169. The van der Waals surface area contributed by atoms with Crippen molar-refractivity contribution in [1.29, 1.82) is 0 Å². The molecule has 0 saturated carbocycles. The Morgan fingerprint density at radius 3 is 2.54 bits per heavy atom. The van der Waals surface area contributed by atoms with E-state index < -0.39 is 18.1 Å². The smallest absolute Gasteiger partial charge is 0.408 e. The Hall–Kier alpha value is -2.25. The predicted molar refractivity (Wildman–Crippen MR) is 99.6 cm³/mol. The zero-order valence-electron chi connectivity index (χ0n) is 14.3. The number of rotatable bonds is 2. The fourth-order valence-corrected chi connectivity index (χ4v) is 3.90. The molecule has 2 aromatic carbocycles. The first-order valence-electron chi connectivity index (χ1n) is 8.47. The molecule has 0 bridgehead atoms. The molecule has 4 nitrogen and oxygen atoms in total. The van der Waals surface area contributed by atoms with Crippen LogP contribution in [0.5, 0.6) is 0 Å². The second-order valence-electron chi connectivity index (χ2n) is 6.56. The lowest BCUT2D eigenvalue weighted by atomic mass is 10.1. The molecule has 0 spiro atoms. The highest BCUT2D eigenvalue weighted by molar-refractivity contribution is 6.35. The van der Waals surface area contributed by atoms with Crippen molar-refractivity contribution in [3.8, 4) is 11.5 Å². The number of amides is 1. The molecule has 146 valence electrons. The zero-order chi connectivity index (χ0) is 20.1. The first kappa shape index (κ1) is 19.1. The van der Waals surface area contributed by atoms with Crippen LogP contribution in [-0.4, -0.2) is 34.6 Å². The number of aromatic nitrogens is 1. The largest absolute Gasteiger partial charge is 0.436 e. The van der Waals surface area contributed by atoms with Gasteiger partial charge < -0.3 is 9.32 Å². The monoisotopic (exact) mass is 428 g/mol. The minimum atomic E-state index is -4.44. The first-order valence-corrected chi connectivity index (χ1v) is 9.23. The number of fused-ring (bicyclic) bond motifs is 1. The number of hydrogen-bond donors (Lipinski definition) is 0. The minimum Gasteiger partial charge on any atom is -0.436 e. The number of alkyl halides is 3. The Morgan fingerprint density at radius 1 is 1.14 bits per heavy atom. The Morgan fingerprint density at radius 2 is 1.86 bits per heavy atom. The Bertz CT molecular complexity index is 1040. The fraction of sp³-hybridized carbons (Fsp3) is 0.263. The van der Waals surface area contributed by atoms with Gasteiger partial charge in [-0.25, -0.2) is 4.98 Å². The van der Waals surface area contributed by atoms with Crippen molar-refractivity contribution in [3.05, 3.63) is 52.0 Å². The summed E-state index contributed by atoms with van der Waals surface area (Å²) in [7, 11) is 0. The van der Waals surface area contributed by atoms with Gasteiger partial charge in [0.2, 0.25) is 5.89 Å². The number of carbonyl (C=O) groups is 1. The quantitative estimate of drug-likeness (QED) is 0.505. The summed E-state index contributed by atoms with van der Waals surface area (Å²) in [4.78, 5) is 17.8. The van der Waals surface area contributed by atoms with Gasteiger partial charge >= 0.3 is 6.18 Å². The van der Waals surface area contributed by atoms with E-state index in [0.717, 1.165) is 4.90 Å². The molecule has 1 aromatic heterocycles. The molecule has 1 aliphatic rings. The number of carbonyl (C=O) groups excluding carboxylic acids is 1. The van der Waals surface area contributed by atoms with E-state index in [0.29, 0.717) is 33.1 Å². The van der Waals surface area contributed by atoms with Crippen molar-refractivity contribution in [2.24, 2.45) is 0 Å². The summed E-state index contributed by atoms with van der Waals surface area (Å²) in [6.07, 6.45) is -4.21. The average molecular weight is 429 g/mol. The number of hydrogen-bond acceptors (Lipinski definition) is 3. The molecule has 1 fully saturated rings. The van der Waals surface area contributed by atoms with Gasteiger partial charge in [0.25, 0.3) is 5.91 Å². The molecule has 3 aromatic rings. The van der Waals surface area contributed by atoms with Crippen molar-refractivity contribution < 1.29 is 22.4 Å².